The molecule has 0 unspecified atom stereocenters. The van der Waals surface area contributed by atoms with Gasteiger partial charge in [0.25, 0.3) is 4.92 Å². The summed E-state index contributed by atoms with van der Waals surface area (Å²) < 4.78 is 0. The van der Waals surface area contributed by atoms with Gasteiger partial charge in [-0.25, -0.2) is 5.21 Å². The van der Waals surface area contributed by atoms with Crippen molar-refractivity contribution in [2.24, 2.45) is 0 Å². The van der Waals surface area contributed by atoms with Crippen LogP contribution in [0.4, 0.5) is 46.0 Å². The number of fused-ring (bicyclic) bond motifs is 5. The minimum Gasteiger partial charge on any atom is -0.382 e. The van der Waals surface area contributed by atoms with E-state index in [0.29, 0.717) is 5.69 Å². The molecule has 9 N–H and O–H groups in total. The molecule has 24 heavy (non-hydrogen) atoms. The fourth-order valence-electron chi connectivity index (χ4n) is 2.52. The molecule has 124 valence electrons. The van der Waals surface area contributed by atoms with Crippen LogP contribution in [0.25, 0.3) is 0 Å². The van der Waals surface area contributed by atoms with E-state index in [9.17, 15) is 20.5 Å². The smallest absolute Gasteiger partial charge is 0.345 e. The predicted octanol–water partition coefficient (Wildman–Crippen LogP) is -0.0656. The Morgan fingerprint density at radius 1 is 1.12 bits per heavy atom. The summed E-state index contributed by atoms with van der Waals surface area (Å²) >= 11 is 0. The summed E-state index contributed by atoms with van der Waals surface area (Å²) in [5.41, 5.74) is 17.5. The number of nitrogen functional groups attached to an aromatic ring is 2. The Morgan fingerprint density at radius 3 is 2.50 bits per heavy atom. The van der Waals surface area contributed by atoms with Gasteiger partial charge in [-0.1, -0.05) is 0 Å². The van der Waals surface area contributed by atoms with Crippen molar-refractivity contribution in [3.05, 3.63) is 17.0 Å². The fourth-order valence-corrected chi connectivity index (χ4v) is 2.52. The molecule has 1 aromatic carbocycles. The van der Waals surface area contributed by atoms with E-state index in [2.05, 4.69) is 20.8 Å². The van der Waals surface area contributed by atoms with Crippen molar-refractivity contribution in [3.63, 3.8) is 0 Å². The van der Waals surface area contributed by atoms with Gasteiger partial charge in [0.1, 0.15) is 17.1 Å². The van der Waals surface area contributed by atoms with E-state index in [1.54, 1.807) is 0 Å². The van der Waals surface area contributed by atoms with Gasteiger partial charge >= 0.3 is 5.69 Å². The highest BCUT2D eigenvalue weighted by atomic mass is 16.8. The van der Waals surface area contributed by atoms with Crippen LogP contribution in [0.1, 0.15) is 0 Å². The molecule has 0 fully saturated rings. The van der Waals surface area contributed by atoms with Crippen molar-refractivity contribution in [1.29, 1.82) is 0 Å². The second-order valence-electron chi connectivity index (χ2n) is 4.93. The summed E-state index contributed by atoms with van der Waals surface area (Å²) in [5, 5.41) is 30.3. The Balaban J connectivity index is 1.87. The van der Waals surface area contributed by atoms with Crippen LogP contribution in [0, 0.1) is 4.91 Å². The molecule has 0 aliphatic carbocycles. The van der Waals surface area contributed by atoms with Crippen molar-refractivity contribution < 1.29 is 20.5 Å². The third kappa shape index (κ3) is 1.71. The molecule has 3 heterocycles. The molecule has 2 aliphatic rings. The topological polar surface area (TPSA) is 192 Å². The Labute approximate surface area is 132 Å². The van der Waals surface area contributed by atoms with E-state index >= 15 is 0 Å². The Kier molecular flexibility index (Phi) is 2.52. The van der Waals surface area contributed by atoms with Crippen LogP contribution >= 0.6 is 0 Å². The molecule has 2 aromatic rings. The standard InChI is InChI=1S/C10H11N10O4/c11-8-7-9(14-10(12)13-8)18-15-6-4(17(18)16-7)1-3(19(21)22)2-5(6)20(23)24/h1-2,15-16,21-22H,(H,23,24)(H4,11,12,13,14)/q+1. The van der Waals surface area contributed by atoms with Crippen molar-refractivity contribution in [3.8, 4) is 0 Å². The second-order valence-corrected chi connectivity index (χ2v) is 4.93. The van der Waals surface area contributed by atoms with E-state index in [4.69, 9.17) is 11.5 Å². The van der Waals surface area contributed by atoms with E-state index in [-0.39, 0.29) is 45.6 Å². The molecule has 0 saturated carbocycles. The number of hydrogen-bond donors (Lipinski definition) is 7. The van der Waals surface area contributed by atoms with Gasteiger partial charge in [-0.15, -0.1) is 5.23 Å². The summed E-state index contributed by atoms with van der Waals surface area (Å²) in [6, 6.07) is 2.40. The third-order valence-electron chi connectivity index (χ3n) is 3.52. The van der Waals surface area contributed by atoms with Crippen LogP contribution in [-0.2, 0) is 0 Å². The Morgan fingerprint density at radius 2 is 1.83 bits per heavy atom. The predicted molar refractivity (Wildman–Crippen MR) is 80.6 cm³/mol. The van der Waals surface area contributed by atoms with Gasteiger partial charge in [0.2, 0.25) is 11.8 Å². The zero-order valence-electron chi connectivity index (χ0n) is 11.7. The minimum absolute atomic E-state index is 0.0573. The summed E-state index contributed by atoms with van der Waals surface area (Å²) in [6.45, 7) is 0. The van der Waals surface area contributed by atoms with Crippen LogP contribution in [0.15, 0.2) is 12.1 Å². The Hall–Kier alpha value is -3.78. The number of nitrogens with zero attached hydrogens (tertiary/aromatic N) is 6. The van der Waals surface area contributed by atoms with Gasteiger partial charge < -0.3 is 11.5 Å². The molecular weight excluding hydrogens is 324 g/mol. The van der Waals surface area contributed by atoms with E-state index in [0.717, 1.165) is 6.07 Å². The van der Waals surface area contributed by atoms with Crippen molar-refractivity contribution in [2.45, 2.75) is 0 Å². The average molecular weight is 335 g/mol. The van der Waals surface area contributed by atoms with E-state index in [1.807, 2.05) is 0 Å². The molecule has 1 aromatic heterocycles. The molecule has 4 rings (SSSR count). The van der Waals surface area contributed by atoms with Crippen molar-refractivity contribution in [1.82, 2.24) is 9.97 Å². The number of nitrogens with one attached hydrogen (secondary N) is 2. The molecule has 0 bridgehead atoms. The van der Waals surface area contributed by atoms with Crippen LogP contribution in [-0.4, -0.2) is 30.5 Å². The number of aromatic nitrogens is 2. The lowest BCUT2D eigenvalue weighted by atomic mass is 10.2. The zero-order chi connectivity index (χ0) is 17.2. The monoisotopic (exact) mass is 335 g/mol. The quantitative estimate of drug-likeness (QED) is 0.361. The molecule has 14 heteroatoms. The van der Waals surface area contributed by atoms with E-state index in [1.165, 1.54) is 16.3 Å². The largest absolute Gasteiger partial charge is 0.382 e. The first kappa shape index (κ1) is 13.9. The van der Waals surface area contributed by atoms with Gasteiger partial charge in [-0.05, 0) is 6.07 Å². The van der Waals surface area contributed by atoms with Gasteiger partial charge in [-0.2, -0.15) is 20.2 Å². The van der Waals surface area contributed by atoms with E-state index < -0.39 is 4.92 Å². The van der Waals surface area contributed by atoms with Crippen LogP contribution < -0.4 is 37.8 Å². The van der Waals surface area contributed by atoms with Gasteiger partial charge in [0.15, 0.2) is 11.5 Å². The summed E-state index contributed by atoms with van der Waals surface area (Å²) in [5.74, 6) is 0.326. The lowest BCUT2D eigenvalue weighted by Crippen LogP contribution is -2.40. The molecule has 0 atom stereocenters. The van der Waals surface area contributed by atoms with Crippen LogP contribution in [0.2, 0.25) is 0 Å². The van der Waals surface area contributed by atoms with Gasteiger partial charge in [0.05, 0.1) is 11.0 Å². The lowest BCUT2D eigenvalue weighted by Gasteiger charge is -2.20. The molecule has 0 amide bonds. The third-order valence-corrected chi connectivity index (χ3v) is 3.52. The number of anilines is 7. The summed E-state index contributed by atoms with van der Waals surface area (Å²) in [6.07, 6.45) is 0. The maximum Gasteiger partial charge on any atom is 0.345 e. The zero-order valence-corrected chi connectivity index (χ0v) is 11.7. The first-order valence-corrected chi connectivity index (χ1v) is 6.45. The minimum atomic E-state index is -0.411. The number of hydrazine groups is 3. The SMILES string of the molecule is Nc1nc(N)c2c(n1)N1Nc3c(cc(N(O)O)cc3[N+](=O)O)N1N2. The molecule has 2 aliphatic heterocycles. The lowest BCUT2D eigenvalue weighted by molar-refractivity contribution is -0.729. The van der Waals surface area contributed by atoms with Crippen molar-refractivity contribution in [2.75, 3.05) is 37.8 Å². The maximum atomic E-state index is 11.4. The highest BCUT2D eigenvalue weighted by Gasteiger charge is 2.43. The number of hydrogen-bond acceptors (Lipinski definition) is 12. The molecule has 0 saturated heterocycles. The molecule has 14 nitrogen and oxygen atoms in total. The number of rotatable bonds is 2. The highest BCUT2D eigenvalue weighted by molar-refractivity contribution is 5.97. The first-order valence-electron chi connectivity index (χ1n) is 6.45. The fraction of sp³-hybridized carbons (Fsp3) is 0. The summed E-state index contributed by atoms with van der Waals surface area (Å²) in [4.78, 5) is 18.9. The summed E-state index contributed by atoms with van der Waals surface area (Å²) in [7, 11) is 0. The van der Waals surface area contributed by atoms with Crippen molar-refractivity contribution >= 4 is 46.0 Å². The van der Waals surface area contributed by atoms with Crippen LogP contribution in [0.5, 0.6) is 0 Å². The number of benzene rings is 1. The molecule has 0 spiro atoms. The highest BCUT2D eigenvalue weighted by Crippen LogP contribution is 2.49. The average Bonchev–Trinajstić information content (AvgIpc) is 3.03. The second kappa shape index (κ2) is 4.37. The normalized spacial score (nSPS) is 13.8. The van der Waals surface area contributed by atoms with Gasteiger partial charge in [-0.3, -0.25) is 21.3 Å². The number of nitrogens with two attached hydrogens (primary N) is 2. The Bertz CT molecular complexity index is 886. The molecular formula is C10H11N10O4+. The maximum absolute atomic E-state index is 11.4. The first-order chi connectivity index (χ1) is 11.4. The van der Waals surface area contributed by atoms with Gasteiger partial charge in [0, 0.05) is 0 Å². The van der Waals surface area contributed by atoms with Crippen LogP contribution in [0.3, 0.4) is 0 Å². The molecule has 0 radical (unpaired) electrons.